The molecule has 6 nitrogen and oxygen atoms in total. The number of hydrogen-bond donors (Lipinski definition) is 3. The van der Waals surface area contributed by atoms with Crippen molar-refractivity contribution >= 4 is 12.1 Å². The summed E-state index contributed by atoms with van der Waals surface area (Å²) in [6, 6.07) is 14.0. The van der Waals surface area contributed by atoms with E-state index in [9.17, 15) is 19.4 Å². The molecule has 3 rings (SSSR count). The van der Waals surface area contributed by atoms with Crippen LogP contribution in [0.25, 0.3) is 0 Å². The zero-order valence-corrected chi connectivity index (χ0v) is 13.6. The number of nitrogens with one attached hydrogen (secondary N) is 1. The van der Waals surface area contributed by atoms with Crippen LogP contribution >= 0.6 is 0 Å². The van der Waals surface area contributed by atoms with Crippen molar-refractivity contribution in [1.29, 1.82) is 0 Å². The van der Waals surface area contributed by atoms with Crippen molar-refractivity contribution in [2.45, 2.75) is 6.54 Å². The minimum atomic E-state index is -0.655. The van der Waals surface area contributed by atoms with Gasteiger partial charge in [0.15, 0.2) is 11.5 Å². The number of hydrogen-bond acceptors (Lipinski definition) is 4. The fourth-order valence-electron chi connectivity index (χ4n) is 2.45. The molecule has 0 radical (unpaired) electrons. The molecule has 0 aliphatic heterocycles. The molecule has 3 N–H and O–H groups in total. The van der Waals surface area contributed by atoms with Crippen molar-refractivity contribution < 1.29 is 19.4 Å². The van der Waals surface area contributed by atoms with Crippen LogP contribution in [-0.4, -0.2) is 26.9 Å². The van der Waals surface area contributed by atoms with Gasteiger partial charge < -0.3 is 14.8 Å². The first-order valence-electron chi connectivity index (χ1n) is 7.78. The smallest absolute Gasteiger partial charge is 0.275 e. The van der Waals surface area contributed by atoms with Gasteiger partial charge in [-0.2, -0.15) is 5.10 Å². The first-order chi connectivity index (χ1) is 12.5. The van der Waals surface area contributed by atoms with Gasteiger partial charge in [0.05, 0.1) is 17.5 Å². The first-order valence-corrected chi connectivity index (χ1v) is 7.78. The second-order valence-electron chi connectivity index (χ2n) is 5.56. The zero-order valence-electron chi connectivity index (χ0n) is 13.6. The van der Waals surface area contributed by atoms with Crippen molar-refractivity contribution in [2.75, 3.05) is 0 Å². The summed E-state index contributed by atoms with van der Waals surface area (Å²) in [6.45, 7) is 0.452. The molecule has 1 aromatic heterocycles. The van der Waals surface area contributed by atoms with E-state index in [4.69, 9.17) is 0 Å². The normalized spacial score (nSPS) is 11.0. The van der Waals surface area contributed by atoms with E-state index in [0.717, 1.165) is 5.56 Å². The summed E-state index contributed by atoms with van der Waals surface area (Å²) in [5.74, 6) is -1.85. The first kappa shape index (κ1) is 17.2. The van der Waals surface area contributed by atoms with Crippen LogP contribution in [0.2, 0.25) is 0 Å². The van der Waals surface area contributed by atoms with Crippen LogP contribution in [-0.2, 0) is 6.54 Å². The van der Waals surface area contributed by atoms with Crippen molar-refractivity contribution in [3.05, 3.63) is 83.4 Å². The Morgan fingerprint density at radius 3 is 2.77 bits per heavy atom. The molecule has 132 valence electrons. The molecule has 0 unspecified atom stereocenters. The molecule has 0 bridgehead atoms. The minimum absolute atomic E-state index is 0.0858. The number of aromatic nitrogens is 1. The van der Waals surface area contributed by atoms with Crippen molar-refractivity contribution in [3.8, 4) is 11.5 Å². The molecule has 2 aromatic carbocycles. The lowest BCUT2D eigenvalue weighted by atomic mass is 10.2. The molecule has 0 fully saturated rings. The summed E-state index contributed by atoms with van der Waals surface area (Å²) in [7, 11) is 0. The molecule has 0 aliphatic rings. The Labute approximate surface area is 148 Å². The van der Waals surface area contributed by atoms with Crippen LogP contribution < -0.4 is 5.43 Å². The molecule has 26 heavy (non-hydrogen) atoms. The largest absolute Gasteiger partial charge is 0.504 e. The minimum Gasteiger partial charge on any atom is -0.504 e. The van der Waals surface area contributed by atoms with Gasteiger partial charge in [-0.15, -0.1) is 0 Å². The Morgan fingerprint density at radius 2 is 1.96 bits per heavy atom. The number of phenolic OH excluding ortho intramolecular Hbond substituents is 2. The van der Waals surface area contributed by atoms with Crippen molar-refractivity contribution in [2.24, 2.45) is 5.10 Å². The lowest BCUT2D eigenvalue weighted by Gasteiger charge is -2.07. The molecule has 0 spiro atoms. The number of para-hydroxylation sites is 1. The topological polar surface area (TPSA) is 86.9 Å². The molecule has 1 amide bonds. The second-order valence-corrected chi connectivity index (χ2v) is 5.56. The van der Waals surface area contributed by atoms with Gasteiger partial charge in [-0.25, -0.2) is 9.82 Å². The molecule has 0 saturated carbocycles. The quantitative estimate of drug-likeness (QED) is 0.374. The summed E-state index contributed by atoms with van der Waals surface area (Å²) in [6.07, 6.45) is 3.26. The predicted molar refractivity (Wildman–Crippen MR) is 94.8 cm³/mol. The van der Waals surface area contributed by atoms with E-state index < -0.39 is 11.7 Å². The van der Waals surface area contributed by atoms with Gasteiger partial charge in [-0.3, -0.25) is 4.79 Å². The zero-order chi connectivity index (χ0) is 18.5. The van der Waals surface area contributed by atoms with Crippen LogP contribution in [0, 0.1) is 5.82 Å². The molecule has 3 aromatic rings. The van der Waals surface area contributed by atoms with E-state index in [1.54, 1.807) is 12.1 Å². The number of halogens is 1. The number of phenols is 2. The highest BCUT2D eigenvalue weighted by atomic mass is 19.1. The number of hydrazone groups is 1. The van der Waals surface area contributed by atoms with E-state index in [1.165, 1.54) is 36.5 Å². The molecular weight excluding hydrogens is 337 g/mol. The molecule has 7 heteroatoms. The molecule has 0 atom stereocenters. The summed E-state index contributed by atoms with van der Waals surface area (Å²) in [5, 5.41) is 23.0. The Bertz CT molecular complexity index is 966. The number of benzene rings is 2. The lowest BCUT2D eigenvalue weighted by Crippen LogP contribution is -2.18. The second kappa shape index (κ2) is 7.52. The Morgan fingerprint density at radius 1 is 1.15 bits per heavy atom. The third-order valence-corrected chi connectivity index (χ3v) is 3.73. The van der Waals surface area contributed by atoms with Gasteiger partial charge >= 0.3 is 0 Å². The van der Waals surface area contributed by atoms with Gasteiger partial charge in [0, 0.05) is 12.7 Å². The van der Waals surface area contributed by atoms with Gasteiger partial charge in [0.25, 0.3) is 5.91 Å². The summed E-state index contributed by atoms with van der Waals surface area (Å²) < 4.78 is 15.1. The number of rotatable bonds is 5. The van der Waals surface area contributed by atoms with E-state index in [2.05, 4.69) is 10.5 Å². The molecule has 0 saturated heterocycles. The standard InChI is InChI=1S/C19H16FN3O3/c20-14-5-1-4-13(10-14)12-23-9-3-6-15(23)11-21-22-19(26)16-7-2-8-17(24)18(16)25/h1-11,24-25H,12H2,(H,22,26)/b21-11+. The maximum atomic E-state index is 13.3. The van der Waals surface area contributed by atoms with Gasteiger partial charge in [0.1, 0.15) is 5.82 Å². The maximum Gasteiger partial charge on any atom is 0.275 e. The van der Waals surface area contributed by atoms with Crippen LogP contribution in [0.5, 0.6) is 11.5 Å². The van der Waals surface area contributed by atoms with Crippen LogP contribution in [0.1, 0.15) is 21.6 Å². The highest BCUT2D eigenvalue weighted by Crippen LogP contribution is 2.27. The number of aromatic hydroxyl groups is 2. The summed E-state index contributed by atoms with van der Waals surface area (Å²) in [5.41, 5.74) is 3.71. The Hall–Kier alpha value is -3.61. The monoisotopic (exact) mass is 353 g/mol. The molecular formula is C19H16FN3O3. The highest BCUT2D eigenvalue weighted by molar-refractivity contribution is 5.98. The maximum absolute atomic E-state index is 13.3. The fourth-order valence-corrected chi connectivity index (χ4v) is 2.45. The number of nitrogens with zero attached hydrogens (tertiary/aromatic N) is 2. The third kappa shape index (κ3) is 3.89. The average Bonchev–Trinajstić information content (AvgIpc) is 3.04. The van der Waals surface area contributed by atoms with Gasteiger partial charge in [-0.1, -0.05) is 18.2 Å². The molecule has 0 aliphatic carbocycles. The Balaban J connectivity index is 1.69. The van der Waals surface area contributed by atoms with E-state index in [1.807, 2.05) is 22.9 Å². The fraction of sp³-hybridized carbons (Fsp3) is 0.0526. The Kier molecular flexibility index (Phi) is 4.98. The number of carbonyl (C=O) groups is 1. The van der Waals surface area contributed by atoms with E-state index in [-0.39, 0.29) is 17.1 Å². The van der Waals surface area contributed by atoms with E-state index >= 15 is 0 Å². The summed E-state index contributed by atoms with van der Waals surface area (Å²) >= 11 is 0. The van der Waals surface area contributed by atoms with Crippen LogP contribution in [0.15, 0.2) is 65.9 Å². The molecule has 1 heterocycles. The SMILES string of the molecule is O=C(N/N=C/c1cccn1Cc1cccc(F)c1)c1cccc(O)c1O. The number of amides is 1. The third-order valence-electron chi connectivity index (χ3n) is 3.73. The predicted octanol–water partition coefficient (Wildman–Crippen LogP) is 2.85. The highest BCUT2D eigenvalue weighted by Gasteiger charge is 2.13. The van der Waals surface area contributed by atoms with Crippen molar-refractivity contribution in [3.63, 3.8) is 0 Å². The van der Waals surface area contributed by atoms with Gasteiger partial charge in [0.2, 0.25) is 0 Å². The summed E-state index contributed by atoms with van der Waals surface area (Å²) in [4.78, 5) is 12.0. The number of carbonyl (C=O) groups excluding carboxylic acids is 1. The van der Waals surface area contributed by atoms with Gasteiger partial charge in [-0.05, 0) is 42.0 Å². The van der Waals surface area contributed by atoms with Crippen LogP contribution in [0.3, 0.4) is 0 Å². The lowest BCUT2D eigenvalue weighted by molar-refractivity contribution is 0.0951. The van der Waals surface area contributed by atoms with E-state index in [0.29, 0.717) is 12.2 Å². The average molecular weight is 353 g/mol. The van der Waals surface area contributed by atoms with Crippen LogP contribution in [0.4, 0.5) is 4.39 Å². The van der Waals surface area contributed by atoms with Crippen molar-refractivity contribution in [1.82, 2.24) is 9.99 Å².